The van der Waals surface area contributed by atoms with Gasteiger partial charge in [0.25, 0.3) is 13.8 Å². The van der Waals surface area contributed by atoms with Crippen molar-refractivity contribution < 1.29 is 49.6 Å². The van der Waals surface area contributed by atoms with Gasteiger partial charge in [0.2, 0.25) is 0 Å². The van der Waals surface area contributed by atoms with Crippen molar-refractivity contribution in [2.24, 2.45) is 0 Å². The fourth-order valence-electron chi connectivity index (χ4n) is 0. The summed E-state index contributed by atoms with van der Waals surface area (Å²) < 4.78 is 8.77. The van der Waals surface area contributed by atoms with Gasteiger partial charge in [0.1, 0.15) is 0 Å². The summed E-state index contributed by atoms with van der Waals surface area (Å²) in [6.07, 6.45) is 0. The van der Waals surface area contributed by atoms with E-state index in [-0.39, 0.29) is 20.4 Å². The summed E-state index contributed by atoms with van der Waals surface area (Å²) in [6.45, 7) is 1.08. The van der Waals surface area contributed by atoms with Crippen molar-refractivity contribution in [1.29, 1.82) is 0 Å². The molecule has 0 spiro atoms. The standard InChI is InChI=1S/C2H4O2.H3O4P.Pd/c1-2(3)4;1-5(2,3)4;/h1H3,(H,3,4);(H3,1,2,3,4);/p-1. The molecule has 6 nitrogen and oxygen atoms in total. The van der Waals surface area contributed by atoms with Gasteiger partial charge >= 0.3 is 0 Å². The maximum atomic E-state index is 9.00. The van der Waals surface area contributed by atoms with Crippen molar-refractivity contribution in [3.8, 4) is 0 Å². The first-order valence-corrected chi connectivity index (χ1v) is 3.22. The second kappa shape index (κ2) is 7.35. The topological polar surface area (TPSA) is 118 Å². The molecule has 0 saturated carbocycles. The molecular formula is C2H6O6PPd-. The zero-order valence-electron chi connectivity index (χ0n) is 4.83. The van der Waals surface area contributed by atoms with Crippen molar-refractivity contribution in [2.75, 3.05) is 0 Å². The van der Waals surface area contributed by atoms with Crippen molar-refractivity contribution in [3.63, 3.8) is 0 Å². The largest absolute Gasteiger partial charge is 0.756 e. The van der Waals surface area contributed by atoms with Crippen LogP contribution in [-0.2, 0) is 29.8 Å². The molecule has 3 N–H and O–H groups in total. The minimum absolute atomic E-state index is 0. The summed E-state index contributed by atoms with van der Waals surface area (Å²) in [7, 11) is -4.89. The fraction of sp³-hybridized carbons (Fsp3) is 0.500. The van der Waals surface area contributed by atoms with Crippen LogP contribution in [0.15, 0.2) is 0 Å². The van der Waals surface area contributed by atoms with E-state index in [1.807, 2.05) is 0 Å². The van der Waals surface area contributed by atoms with Crippen LogP contribution in [-0.4, -0.2) is 20.9 Å². The van der Waals surface area contributed by atoms with Crippen LogP contribution < -0.4 is 4.89 Å². The Bertz CT molecular complexity index is 115. The number of hydrogen-bond donors (Lipinski definition) is 3. The van der Waals surface area contributed by atoms with Crippen LogP contribution in [0.1, 0.15) is 6.92 Å². The van der Waals surface area contributed by atoms with Gasteiger partial charge in [-0.1, -0.05) is 0 Å². The van der Waals surface area contributed by atoms with Gasteiger partial charge in [-0.3, -0.25) is 9.36 Å². The van der Waals surface area contributed by atoms with Crippen LogP contribution in [0.2, 0.25) is 0 Å². The molecule has 0 radical (unpaired) electrons. The first-order valence-electron chi connectivity index (χ1n) is 1.69. The van der Waals surface area contributed by atoms with E-state index in [0.29, 0.717) is 0 Å². The molecule has 10 heavy (non-hydrogen) atoms. The van der Waals surface area contributed by atoms with Crippen LogP contribution in [0.4, 0.5) is 0 Å². The average molecular weight is 263 g/mol. The zero-order chi connectivity index (χ0) is 8.08. The SMILES string of the molecule is CC(=O)O.O=P([O-])(O)O.[Pd]. The summed E-state index contributed by atoms with van der Waals surface area (Å²) in [5, 5.41) is 7.42. The van der Waals surface area contributed by atoms with E-state index in [1.165, 1.54) is 0 Å². The summed E-state index contributed by atoms with van der Waals surface area (Å²) in [5.41, 5.74) is 0. The van der Waals surface area contributed by atoms with Crippen molar-refractivity contribution >= 4 is 13.8 Å². The number of carbonyl (C=O) groups is 1. The van der Waals surface area contributed by atoms with Gasteiger partial charge in [-0.2, -0.15) is 0 Å². The zero-order valence-corrected chi connectivity index (χ0v) is 7.28. The van der Waals surface area contributed by atoms with Gasteiger partial charge in [-0.05, 0) is 0 Å². The Morgan fingerprint density at radius 3 is 1.50 bits per heavy atom. The Hall–Kier alpha value is 0.242. The second-order valence-electron chi connectivity index (χ2n) is 1.01. The molecular weight excluding hydrogens is 257 g/mol. The third kappa shape index (κ3) is 7360. The van der Waals surface area contributed by atoms with E-state index in [9.17, 15) is 0 Å². The van der Waals surface area contributed by atoms with E-state index >= 15 is 0 Å². The molecule has 0 rings (SSSR count). The molecule has 0 aromatic carbocycles. The molecule has 0 aliphatic heterocycles. The molecule has 0 bridgehead atoms. The van der Waals surface area contributed by atoms with Gasteiger partial charge in [-0.25, -0.2) is 0 Å². The van der Waals surface area contributed by atoms with Crippen LogP contribution in [0, 0.1) is 0 Å². The smallest absolute Gasteiger partial charge is 0.300 e. The van der Waals surface area contributed by atoms with Gasteiger partial charge in [0.05, 0.1) is 0 Å². The van der Waals surface area contributed by atoms with Gasteiger partial charge in [0, 0.05) is 27.3 Å². The number of carboxylic acid groups (broad SMARTS) is 1. The molecule has 0 aliphatic rings. The Kier molecular flexibility index (Phi) is 12.3. The predicted octanol–water partition coefficient (Wildman–Crippen LogP) is -1.47. The first-order chi connectivity index (χ1) is 3.73. The Labute approximate surface area is 70.8 Å². The Morgan fingerprint density at radius 2 is 1.50 bits per heavy atom. The Balaban J connectivity index is -0.0000000910. The van der Waals surface area contributed by atoms with E-state index in [0.717, 1.165) is 6.92 Å². The third-order valence-electron chi connectivity index (χ3n) is 0. The van der Waals surface area contributed by atoms with Crippen molar-refractivity contribution in [1.82, 2.24) is 0 Å². The molecule has 8 heteroatoms. The number of carboxylic acids is 1. The van der Waals surface area contributed by atoms with E-state index in [2.05, 4.69) is 0 Å². The summed E-state index contributed by atoms with van der Waals surface area (Å²) in [4.78, 5) is 31.9. The number of aliphatic carboxylic acids is 1. The quantitative estimate of drug-likeness (QED) is 0.363. The van der Waals surface area contributed by atoms with Gasteiger partial charge in [-0.15, -0.1) is 0 Å². The molecule has 66 valence electrons. The molecule has 0 heterocycles. The van der Waals surface area contributed by atoms with Crippen LogP contribution in [0.25, 0.3) is 0 Å². The molecule has 0 saturated heterocycles. The van der Waals surface area contributed by atoms with Crippen molar-refractivity contribution in [2.45, 2.75) is 6.92 Å². The molecule has 0 fully saturated rings. The fourth-order valence-corrected chi connectivity index (χ4v) is 0. The molecule has 0 aromatic rings. The maximum Gasteiger partial charge on any atom is 0.300 e. The molecule has 0 amide bonds. The summed E-state index contributed by atoms with van der Waals surface area (Å²) in [6, 6.07) is 0. The monoisotopic (exact) mass is 263 g/mol. The average Bonchev–Trinajstić information content (AvgIpc) is 1.19. The van der Waals surface area contributed by atoms with E-state index in [1.54, 1.807) is 0 Å². The normalized spacial score (nSPS) is 8.40. The Morgan fingerprint density at radius 1 is 1.50 bits per heavy atom. The van der Waals surface area contributed by atoms with Gasteiger partial charge < -0.3 is 19.8 Å². The number of rotatable bonds is 0. The van der Waals surface area contributed by atoms with E-state index < -0.39 is 13.8 Å². The number of hydrogen-bond acceptors (Lipinski definition) is 3. The molecule has 0 unspecified atom stereocenters. The van der Waals surface area contributed by atoms with Crippen molar-refractivity contribution in [3.05, 3.63) is 0 Å². The molecule has 0 aromatic heterocycles. The van der Waals surface area contributed by atoms with E-state index in [4.69, 9.17) is 29.1 Å². The van der Waals surface area contributed by atoms with Crippen LogP contribution >= 0.6 is 7.82 Å². The minimum atomic E-state index is -4.89. The minimum Gasteiger partial charge on any atom is -0.756 e. The second-order valence-corrected chi connectivity index (χ2v) is 1.99. The first kappa shape index (κ1) is 16.7. The maximum absolute atomic E-state index is 9.00. The van der Waals surface area contributed by atoms with Crippen LogP contribution in [0.3, 0.4) is 0 Å². The van der Waals surface area contributed by atoms with Crippen LogP contribution in [0.5, 0.6) is 0 Å². The summed E-state index contributed by atoms with van der Waals surface area (Å²) in [5.74, 6) is -0.833. The number of phosphoric acid groups is 1. The summed E-state index contributed by atoms with van der Waals surface area (Å²) >= 11 is 0. The molecule has 0 atom stereocenters. The predicted molar refractivity (Wildman–Crippen MR) is 25.4 cm³/mol. The third-order valence-corrected chi connectivity index (χ3v) is 0. The van der Waals surface area contributed by atoms with Gasteiger partial charge in [0.15, 0.2) is 0 Å². The molecule has 0 aliphatic carbocycles.